The van der Waals surface area contributed by atoms with E-state index in [1.54, 1.807) is 4.90 Å². The summed E-state index contributed by atoms with van der Waals surface area (Å²) in [5, 5.41) is 9.84. The molecule has 104 valence electrons. The van der Waals surface area contributed by atoms with Gasteiger partial charge in [-0.05, 0) is 24.6 Å². The first kappa shape index (κ1) is 14.3. The van der Waals surface area contributed by atoms with E-state index in [1.807, 2.05) is 31.2 Å². The lowest BCUT2D eigenvalue weighted by molar-refractivity contribution is -0.156. The van der Waals surface area contributed by atoms with Gasteiger partial charge in [-0.3, -0.25) is 4.79 Å². The predicted octanol–water partition coefficient (Wildman–Crippen LogP) is 2.20. The lowest BCUT2D eigenvalue weighted by atomic mass is 9.91. The van der Waals surface area contributed by atoms with Crippen LogP contribution in [0, 0.1) is 0 Å². The highest BCUT2D eigenvalue weighted by molar-refractivity contribution is 9.10. The van der Waals surface area contributed by atoms with Crippen LogP contribution in [0.3, 0.4) is 0 Å². The third-order valence-electron chi connectivity index (χ3n) is 3.36. The van der Waals surface area contributed by atoms with Gasteiger partial charge in [-0.25, -0.2) is 0 Å². The molecule has 0 bridgehead atoms. The van der Waals surface area contributed by atoms with Crippen molar-refractivity contribution in [3.05, 3.63) is 28.7 Å². The first-order valence-electron chi connectivity index (χ1n) is 6.41. The zero-order chi connectivity index (χ0) is 13.9. The Labute approximate surface area is 121 Å². The molecule has 1 N–H and O–H groups in total. The van der Waals surface area contributed by atoms with E-state index in [-0.39, 0.29) is 5.91 Å². The van der Waals surface area contributed by atoms with Crippen molar-refractivity contribution in [2.45, 2.75) is 25.4 Å². The molecule has 0 saturated carbocycles. The number of aliphatic hydroxyl groups is 1. The van der Waals surface area contributed by atoms with Crippen LogP contribution < -0.4 is 4.74 Å². The minimum absolute atomic E-state index is 0.0353. The van der Waals surface area contributed by atoms with Crippen molar-refractivity contribution in [2.75, 3.05) is 19.7 Å². The average Bonchev–Trinajstić information content (AvgIpc) is 2.35. The van der Waals surface area contributed by atoms with Gasteiger partial charge in [0, 0.05) is 4.47 Å². The predicted molar refractivity (Wildman–Crippen MR) is 76.1 cm³/mol. The topological polar surface area (TPSA) is 49.8 Å². The van der Waals surface area contributed by atoms with Gasteiger partial charge in [-0.2, -0.15) is 0 Å². The average molecular weight is 328 g/mol. The molecule has 0 spiro atoms. The van der Waals surface area contributed by atoms with Crippen LogP contribution in [-0.2, 0) is 4.79 Å². The second-order valence-electron chi connectivity index (χ2n) is 4.88. The quantitative estimate of drug-likeness (QED) is 0.902. The number of amides is 1. The number of benzene rings is 1. The van der Waals surface area contributed by atoms with Gasteiger partial charge in [0.1, 0.15) is 5.75 Å². The van der Waals surface area contributed by atoms with E-state index in [0.717, 1.165) is 10.2 Å². The van der Waals surface area contributed by atoms with Crippen molar-refractivity contribution in [2.24, 2.45) is 0 Å². The second-order valence-corrected chi connectivity index (χ2v) is 5.80. The maximum Gasteiger partial charge on any atom is 0.226 e. The van der Waals surface area contributed by atoms with Crippen molar-refractivity contribution >= 4 is 21.8 Å². The Hall–Kier alpha value is -1.07. The molecule has 1 saturated heterocycles. The van der Waals surface area contributed by atoms with Crippen LogP contribution in [-0.4, -0.2) is 41.2 Å². The summed E-state index contributed by atoms with van der Waals surface area (Å²) in [5.74, 6) is 0.781. The van der Waals surface area contributed by atoms with Crippen molar-refractivity contribution < 1.29 is 14.6 Å². The molecular weight excluding hydrogens is 310 g/mol. The molecule has 1 amide bonds. The lowest BCUT2D eigenvalue weighted by Gasteiger charge is -2.46. The van der Waals surface area contributed by atoms with E-state index in [2.05, 4.69) is 15.9 Å². The number of carbonyl (C=O) groups is 1. The SMILES string of the molecule is CCC1(O)CN(C(=O)CCOc2cccc(Br)c2)C1. The summed E-state index contributed by atoms with van der Waals surface area (Å²) in [7, 11) is 0. The minimum atomic E-state index is -0.666. The number of rotatable bonds is 5. The van der Waals surface area contributed by atoms with E-state index in [4.69, 9.17) is 4.74 Å². The molecule has 1 aliphatic heterocycles. The Bertz CT molecular complexity index is 458. The molecule has 2 rings (SSSR count). The molecule has 5 heteroatoms. The Morgan fingerprint density at radius 1 is 1.53 bits per heavy atom. The molecule has 1 aromatic carbocycles. The van der Waals surface area contributed by atoms with Gasteiger partial charge in [-0.1, -0.05) is 28.9 Å². The van der Waals surface area contributed by atoms with Gasteiger partial charge in [-0.15, -0.1) is 0 Å². The number of carbonyl (C=O) groups excluding carboxylic acids is 1. The zero-order valence-corrected chi connectivity index (χ0v) is 12.5. The molecule has 0 radical (unpaired) electrons. The third kappa shape index (κ3) is 3.70. The number of halogens is 1. The van der Waals surface area contributed by atoms with Gasteiger partial charge >= 0.3 is 0 Å². The van der Waals surface area contributed by atoms with Crippen molar-refractivity contribution in [1.29, 1.82) is 0 Å². The molecule has 0 atom stereocenters. The number of nitrogens with zero attached hydrogens (tertiary/aromatic N) is 1. The summed E-state index contributed by atoms with van der Waals surface area (Å²) >= 11 is 3.36. The molecule has 19 heavy (non-hydrogen) atoms. The Morgan fingerprint density at radius 3 is 2.89 bits per heavy atom. The highest BCUT2D eigenvalue weighted by Gasteiger charge is 2.41. The summed E-state index contributed by atoms with van der Waals surface area (Å²) in [5.41, 5.74) is -0.666. The number of likely N-dealkylation sites (tertiary alicyclic amines) is 1. The van der Waals surface area contributed by atoms with Gasteiger partial charge in [0.25, 0.3) is 0 Å². The van der Waals surface area contributed by atoms with Crippen LogP contribution in [0.5, 0.6) is 5.75 Å². The van der Waals surface area contributed by atoms with Crippen LogP contribution in [0.1, 0.15) is 19.8 Å². The maximum atomic E-state index is 11.8. The highest BCUT2D eigenvalue weighted by atomic mass is 79.9. The molecule has 4 nitrogen and oxygen atoms in total. The fourth-order valence-corrected chi connectivity index (χ4v) is 2.41. The van der Waals surface area contributed by atoms with Gasteiger partial charge in [0.2, 0.25) is 5.91 Å². The van der Waals surface area contributed by atoms with Crippen LogP contribution in [0.2, 0.25) is 0 Å². The maximum absolute atomic E-state index is 11.8. The summed E-state index contributed by atoms with van der Waals surface area (Å²) in [6.07, 6.45) is 1.03. The Morgan fingerprint density at radius 2 is 2.26 bits per heavy atom. The van der Waals surface area contributed by atoms with Gasteiger partial charge < -0.3 is 14.7 Å². The largest absolute Gasteiger partial charge is 0.493 e. The molecule has 0 unspecified atom stereocenters. The standard InChI is InChI=1S/C14H18BrNO3/c1-2-14(18)9-16(10-14)13(17)6-7-19-12-5-3-4-11(15)8-12/h3-5,8,18H,2,6-7,9-10H2,1H3. The summed E-state index contributed by atoms with van der Waals surface area (Å²) in [6, 6.07) is 7.53. The Kier molecular flexibility index (Phi) is 4.47. The van der Waals surface area contributed by atoms with Crippen molar-refractivity contribution in [1.82, 2.24) is 4.90 Å². The number of hydrogen-bond donors (Lipinski definition) is 1. The molecular formula is C14H18BrNO3. The van der Waals surface area contributed by atoms with Gasteiger partial charge in [0.05, 0.1) is 31.7 Å². The van der Waals surface area contributed by atoms with E-state index < -0.39 is 5.60 Å². The molecule has 1 heterocycles. The normalized spacial score (nSPS) is 16.9. The van der Waals surface area contributed by atoms with E-state index in [1.165, 1.54) is 0 Å². The number of ether oxygens (including phenoxy) is 1. The van der Waals surface area contributed by atoms with E-state index in [0.29, 0.717) is 32.5 Å². The van der Waals surface area contributed by atoms with E-state index >= 15 is 0 Å². The van der Waals surface area contributed by atoms with Crippen LogP contribution in [0.4, 0.5) is 0 Å². The summed E-state index contributed by atoms with van der Waals surface area (Å²) in [4.78, 5) is 13.5. The van der Waals surface area contributed by atoms with Crippen LogP contribution in [0.25, 0.3) is 0 Å². The Balaban J connectivity index is 1.71. The van der Waals surface area contributed by atoms with Gasteiger partial charge in [0.15, 0.2) is 0 Å². The first-order chi connectivity index (χ1) is 9.02. The molecule has 1 aliphatic rings. The smallest absolute Gasteiger partial charge is 0.226 e. The van der Waals surface area contributed by atoms with Crippen molar-refractivity contribution in [3.63, 3.8) is 0 Å². The monoisotopic (exact) mass is 327 g/mol. The molecule has 1 fully saturated rings. The molecule has 0 aromatic heterocycles. The third-order valence-corrected chi connectivity index (χ3v) is 3.86. The lowest BCUT2D eigenvalue weighted by Crippen LogP contribution is -2.63. The van der Waals surface area contributed by atoms with E-state index in [9.17, 15) is 9.90 Å². The summed E-state index contributed by atoms with van der Waals surface area (Å²) < 4.78 is 6.47. The van der Waals surface area contributed by atoms with Crippen LogP contribution >= 0.6 is 15.9 Å². The number of hydrogen-bond acceptors (Lipinski definition) is 3. The molecule has 1 aromatic rings. The number of β-amino-alcohol motifs (C(OH)–C–C–N with tert-alkyl or cyclic N) is 1. The highest BCUT2D eigenvalue weighted by Crippen LogP contribution is 2.24. The van der Waals surface area contributed by atoms with Crippen LogP contribution in [0.15, 0.2) is 28.7 Å². The second kappa shape index (κ2) is 5.92. The molecule has 0 aliphatic carbocycles. The minimum Gasteiger partial charge on any atom is -0.493 e. The fraction of sp³-hybridized carbons (Fsp3) is 0.500. The van der Waals surface area contributed by atoms with Crippen molar-refractivity contribution in [3.8, 4) is 5.75 Å². The summed E-state index contributed by atoms with van der Waals surface area (Å²) in [6.45, 7) is 3.17. The fourth-order valence-electron chi connectivity index (χ4n) is 2.04. The first-order valence-corrected chi connectivity index (χ1v) is 7.20. The zero-order valence-electron chi connectivity index (χ0n) is 10.9.